The van der Waals surface area contributed by atoms with E-state index >= 15 is 0 Å². The third-order valence-corrected chi connectivity index (χ3v) is 21.8. The fourth-order valence-electron chi connectivity index (χ4n) is 15.2. The number of benzene rings is 3. The Bertz CT molecular complexity index is 3830. The van der Waals surface area contributed by atoms with Gasteiger partial charge in [0.1, 0.15) is 24.9 Å². The largest absolute Gasteiger partial charge is 0.493 e. The van der Waals surface area contributed by atoms with Crippen molar-refractivity contribution in [2.45, 2.75) is 200 Å². The molecule has 32 heteroatoms. The minimum absolute atomic E-state index is 0.0123. The molecular weight excluding hydrogens is 1540 g/mol. The average Bonchev–Trinajstić information content (AvgIpc) is 1.61. The number of methoxy groups -OCH3 is 2. The van der Waals surface area contributed by atoms with Gasteiger partial charge in [0, 0.05) is 74.7 Å². The van der Waals surface area contributed by atoms with Gasteiger partial charge in [0.2, 0.25) is 29.5 Å². The minimum atomic E-state index is -1.53. The van der Waals surface area contributed by atoms with Crippen LogP contribution in [-0.2, 0) is 73.2 Å². The molecule has 0 bridgehead atoms. The van der Waals surface area contributed by atoms with Crippen LogP contribution in [0, 0.1) is 17.8 Å². The predicted molar refractivity (Wildman–Crippen MR) is 443 cm³/mol. The normalized spacial score (nSPS) is 19.4. The lowest BCUT2D eigenvalue weighted by molar-refractivity contribution is -0.134. The Morgan fingerprint density at radius 2 is 1.06 bits per heavy atom. The molecule has 8 amide bonds. The molecule has 0 aromatic heterocycles. The van der Waals surface area contributed by atoms with Crippen molar-refractivity contribution in [3.8, 4) is 23.0 Å². The van der Waals surface area contributed by atoms with Crippen molar-refractivity contribution in [3.05, 3.63) is 88.8 Å². The molecule has 5 heterocycles. The lowest BCUT2D eigenvalue weighted by atomic mass is 9.81. The van der Waals surface area contributed by atoms with Crippen molar-refractivity contribution >= 4 is 70.7 Å². The van der Waals surface area contributed by atoms with Gasteiger partial charge < -0.3 is 108 Å². The minimum Gasteiger partial charge on any atom is -0.493 e. The molecule has 1 saturated heterocycles. The molecule has 0 spiro atoms. The predicted octanol–water partition coefficient (Wildman–Crippen LogP) is 9.46. The van der Waals surface area contributed by atoms with Crippen LogP contribution in [0.4, 0.5) is 21.9 Å². The maximum atomic E-state index is 14.3. The smallest absolute Gasteiger partial charge is 0.416 e. The first kappa shape index (κ1) is 94.0. The molecule has 2 unspecified atom stereocenters. The fraction of sp³-hybridized carbons (Fsp3) is 0.644. The van der Waals surface area contributed by atoms with Crippen molar-refractivity contribution in [3.63, 3.8) is 0 Å². The molecule has 6 aliphatic rings. The quantitative estimate of drug-likeness (QED) is 0.0286. The summed E-state index contributed by atoms with van der Waals surface area (Å²) in [6.45, 7) is 15.4. The van der Waals surface area contributed by atoms with Gasteiger partial charge in [-0.15, -0.1) is 0 Å². The van der Waals surface area contributed by atoms with Gasteiger partial charge in [-0.1, -0.05) is 108 Å². The summed E-state index contributed by atoms with van der Waals surface area (Å²) in [6, 6.07) is 9.96. The molecule has 119 heavy (non-hydrogen) atoms. The molecular formula is C87H127N9O23. The van der Waals surface area contributed by atoms with E-state index in [9.17, 15) is 48.6 Å². The van der Waals surface area contributed by atoms with E-state index in [1.165, 1.54) is 88.0 Å². The van der Waals surface area contributed by atoms with Crippen LogP contribution in [0.3, 0.4) is 0 Å². The van der Waals surface area contributed by atoms with Crippen LogP contribution in [0.2, 0.25) is 0 Å². The topological polar surface area (TPSA) is 370 Å². The van der Waals surface area contributed by atoms with Crippen LogP contribution < -0.4 is 45.1 Å². The number of hydrogen-bond donors (Lipinski definition) is 6. The van der Waals surface area contributed by atoms with Crippen molar-refractivity contribution in [1.82, 2.24) is 30.7 Å². The second-order valence-corrected chi connectivity index (χ2v) is 31.2. The molecule has 32 nitrogen and oxygen atoms in total. The van der Waals surface area contributed by atoms with Gasteiger partial charge in [0.25, 0.3) is 11.8 Å². The molecule has 0 radical (unpaired) electrons. The Morgan fingerprint density at radius 1 is 0.538 bits per heavy atom. The number of carbonyl (C=O) groups is 8. The molecule has 2 fully saturated rings. The van der Waals surface area contributed by atoms with Gasteiger partial charge in [-0.05, 0) is 94.5 Å². The van der Waals surface area contributed by atoms with Gasteiger partial charge in [0.15, 0.2) is 29.2 Å². The fourth-order valence-corrected chi connectivity index (χ4v) is 15.2. The lowest BCUT2D eigenvalue weighted by Crippen LogP contribution is -2.53. The molecule has 7 atom stereocenters. The first-order valence-corrected chi connectivity index (χ1v) is 42.5. The number of nitrogens with one attached hydrogen (secondary N) is 4. The number of aliphatic hydroxyl groups excluding tert-OH is 2. The summed E-state index contributed by atoms with van der Waals surface area (Å²) in [7, 11) is 2.97. The first-order valence-electron chi connectivity index (χ1n) is 42.5. The first-order chi connectivity index (χ1) is 57.7. The zero-order valence-corrected chi connectivity index (χ0v) is 70.5. The number of nitrogens with zero attached hydrogens (tertiary/aromatic N) is 5. The van der Waals surface area contributed by atoms with Crippen LogP contribution in [0.1, 0.15) is 183 Å². The molecule has 658 valence electrons. The Kier molecular flexibility index (Phi) is 39.8. The Hall–Kier alpha value is -8.83. The van der Waals surface area contributed by atoms with E-state index in [-0.39, 0.29) is 111 Å². The summed E-state index contributed by atoms with van der Waals surface area (Å²) < 4.78 is 74.1. The summed E-state index contributed by atoms with van der Waals surface area (Å²) in [5.74, 6) is -0.995. The van der Waals surface area contributed by atoms with Crippen molar-refractivity contribution < 1.29 is 110 Å². The van der Waals surface area contributed by atoms with Gasteiger partial charge in [-0.3, -0.25) is 38.6 Å². The van der Waals surface area contributed by atoms with Gasteiger partial charge >= 0.3 is 6.09 Å². The van der Waals surface area contributed by atoms with E-state index in [0.717, 1.165) is 48.2 Å². The van der Waals surface area contributed by atoms with Crippen LogP contribution >= 0.6 is 0 Å². The van der Waals surface area contributed by atoms with Crippen LogP contribution in [0.5, 0.6) is 23.0 Å². The van der Waals surface area contributed by atoms with Gasteiger partial charge in [-0.25, -0.2) is 9.69 Å². The van der Waals surface area contributed by atoms with E-state index in [2.05, 4.69) is 26.3 Å². The average molecular weight is 1670 g/mol. The molecule has 5 aliphatic heterocycles. The number of ether oxygens (including phenoxy) is 13. The molecule has 9 rings (SSSR count). The van der Waals surface area contributed by atoms with E-state index in [1.54, 1.807) is 67.6 Å². The van der Waals surface area contributed by atoms with Crippen molar-refractivity contribution in [2.75, 3.05) is 156 Å². The third-order valence-electron chi connectivity index (χ3n) is 21.8. The number of rotatable bonds is 49. The molecule has 1 saturated carbocycles. The number of unbranched alkanes of at least 4 members (excludes halogenated alkanes) is 2. The van der Waals surface area contributed by atoms with Gasteiger partial charge in [-0.2, -0.15) is 0 Å². The maximum Gasteiger partial charge on any atom is 0.416 e. The number of hydrogen-bond acceptors (Lipinski definition) is 24. The second kappa shape index (κ2) is 50.4. The number of aliphatic imine (C=N–C) groups is 1. The van der Waals surface area contributed by atoms with Crippen molar-refractivity contribution in [1.29, 1.82) is 0 Å². The standard InChI is InChI=1S/C87H127N9O23/c1-59(2)80(92-78(98)27-32-109-34-36-111-38-40-113-42-44-115-46-47-116-45-43-114-41-39-112-37-35-110-33-28-88-77(97)26-29-93-79(99)52-67(83(93)102)64-20-16-13-11-9-8-10-12-14-17-21-64)82(101)90-62(5)81(100)91-65-24-22-63(23-25-65)58-119-87(106)96-71-54-76(74(108-7)51-69(71)85(104)95-57-61(4)49-72(95)86(96)105)118-31-19-15-18-30-117-75-53-70-68(50-73(75)107-6)84(103)94-56-60(3)48-66(94)55-89-70/h22-25,50-51,53-57,59,62,64,66-67,72,80,83,86,102,105H,8-21,26-49,52,58H2,1-7H3,(H,88,97)(H,90,101)(H,91,100)(H,92,98)/t62-,66-,67?,72-,80-,83?,86-/m0/s1. The summed E-state index contributed by atoms with van der Waals surface area (Å²) >= 11 is 0. The number of fused-ring (bicyclic) bond motifs is 4. The summed E-state index contributed by atoms with van der Waals surface area (Å²) in [6.07, 6.45) is 18.8. The Balaban J connectivity index is 0.562. The highest BCUT2D eigenvalue weighted by atomic mass is 16.6. The highest BCUT2D eigenvalue weighted by Crippen LogP contribution is 2.44. The van der Waals surface area contributed by atoms with E-state index in [4.69, 9.17) is 61.6 Å². The number of likely N-dealkylation sites (tertiary alicyclic amines) is 1. The lowest BCUT2D eigenvalue weighted by Gasteiger charge is -2.31. The number of anilines is 2. The number of aliphatic hydroxyl groups is 2. The van der Waals surface area contributed by atoms with Gasteiger partial charge in [0.05, 0.1) is 168 Å². The van der Waals surface area contributed by atoms with Crippen LogP contribution in [-0.4, -0.2) is 261 Å². The monoisotopic (exact) mass is 1670 g/mol. The second-order valence-electron chi connectivity index (χ2n) is 31.2. The highest BCUT2D eigenvalue weighted by molar-refractivity contribution is 6.07. The molecule has 6 N–H and O–H groups in total. The number of carbonyl (C=O) groups excluding carboxylic acids is 8. The van der Waals surface area contributed by atoms with Crippen molar-refractivity contribution in [2.24, 2.45) is 22.7 Å². The van der Waals surface area contributed by atoms with E-state index < -0.39 is 60.3 Å². The highest BCUT2D eigenvalue weighted by Gasteiger charge is 2.46. The summed E-state index contributed by atoms with van der Waals surface area (Å²) in [4.78, 5) is 118. The Labute approximate surface area is 699 Å². The zero-order valence-electron chi connectivity index (χ0n) is 70.5. The van der Waals surface area contributed by atoms with E-state index in [1.807, 2.05) is 20.0 Å². The Morgan fingerprint density at radius 3 is 1.63 bits per heavy atom. The summed E-state index contributed by atoms with van der Waals surface area (Å²) in [5.41, 5.74) is 3.93. The molecule has 3 aromatic carbocycles. The van der Waals surface area contributed by atoms with Crippen LogP contribution in [0.15, 0.2) is 77.1 Å². The third kappa shape index (κ3) is 29.5. The molecule has 1 aliphatic carbocycles. The van der Waals surface area contributed by atoms with Crippen LogP contribution in [0.25, 0.3) is 0 Å². The zero-order chi connectivity index (χ0) is 84.8. The number of amides is 8. The molecule has 3 aromatic rings. The maximum absolute atomic E-state index is 14.3. The van der Waals surface area contributed by atoms with E-state index in [0.29, 0.717) is 171 Å². The SMILES string of the molecule is COc1cc2c(cc1OCCCCCOc1cc3c(cc1OC)C(=O)N1C=C(C)C[C@H]1[C@H](O)N3C(=O)OCc1ccc(NC(=O)[C@H](C)NC(=O)[C@@H](NC(=O)CCOCCOCCOCCOCCOCCOCCOCCOCCNC(=O)CCN3C(=O)CC(C4CCCCCCCCCCC4)C3O)C(C)C)cc1)N=C[C@@H]1CC(C)=CN1C2=O. The summed E-state index contributed by atoms with van der Waals surface area (Å²) in [5, 5.41) is 34.2.